The minimum Gasteiger partial charge on any atom is -0.460 e. The Bertz CT molecular complexity index is 1680. The Morgan fingerprint density at radius 2 is 1.36 bits per heavy atom. The summed E-state index contributed by atoms with van der Waals surface area (Å²) in [7, 11) is -3.79. The van der Waals surface area contributed by atoms with E-state index in [0.717, 1.165) is 12.8 Å². The van der Waals surface area contributed by atoms with Crippen LogP contribution in [-0.4, -0.2) is 101 Å². The summed E-state index contributed by atoms with van der Waals surface area (Å²) in [4.78, 5) is 41.9. The van der Waals surface area contributed by atoms with Crippen LogP contribution in [0.3, 0.4) is 0 Å². The van der Waals surface area contributed by atoms with Crippen molar-refractivity contribution in [3.63, 3.8) is 0 Å². The van der Waals surface area contributed by atoms with Gasteiger partial charge in [-0.2, -0.15) is 0 Å². The number of carbonyl (C=O) groups excluding carboxylic acids is 3. The summed E-state index contributed by atoms with van der Waals surface area (Å²) in [5.41, 5.74) is 1.24. The van der Waals surface area contributed by atoms with Gasteiger partial charge in [0.05, 0.1) is 35.5 Å². The van der Waals surface area contributed by atoms with Crippen LogP contribution in [0.15, 0.2) is 83.6 Å². The minimum atomic E-state index is -3.79. The van der Waals surface area contributed by atoms with E-state index in [0.29, 0.717) is 23.0 Å². The summed E-state index contributed by atoms with van der Waals surface area (Å²) in [6, 6.07) is -1.02. The fourth-order valence-electron chi connectivity index (χ4n) is 7.66. The average Bonchev–Trinajstić information content (AvgIpc) is 3.20. The van der Waals surface area contributed by atoms with E-state index < -0.39 is 81.3 Å². The van der Waals surface area contributed by atoms with Crippen molar-refractivity contribution in [2.24, 2.45) is 41.4 Å². The lowest BCUT2D eigenvalue weighted by atomic mass is 9.70. The fourth-order valence-corrected chi connectivity index (χ4v) is 9.25. The monoisotopic (exact) mass is 783 g/mol. The predicted molar refractivity (Wildman–Crippen MR) is 217 cm³/mol. The minimum absolute atomic E-state index is 0.0629. The molecule has 1 aliphatic heterocycles. The molecule has 10 atom stereocenters. The van der Waals surface area contributed by atoms with Crippen molar-refractivity contribution in [3.8, 4) is 0 Å². The van der Waals surface area contributed by atoms with Gasteiger partial charge in [0.15, 0.2) is 21.4 Å². The molecule has 11 heteroatoms. The number of hydrogen-bond acceptors (Lipinski definition) is 10. The normalized spacial score (nSPS) is 31.1. The lowest BCUT2D eigenvalue weighted by Crippen LogP contribution is -2.64. The fraction of sp³-hybridized carbons (Fsp3) is 0.614. The summed E-state index contributed by atoms with van der Waals surface area (Å²) < 4.78 is 32.3. The van der Waals surface area contributed by atoms with Crippen LogP contribution in [0.2, 0.25) is 0 Å². The maximum absolute atomic E-state index is 13.9. The van der Waals surface area contributed by atoms with Crippen LogP contribution in [-0.2, 0) is 29.0 Å². The van der Waals surface area contributed by atoms with Crippen LogP contribution in [0.1, 0.15) is 75.2 Å². The molecule has 55 heavy (non-hydrogen) atoms. The number of aliphatic hydroxyl groups excluding tert-OH is 3. The van der Waals surface area contributed by atoms with Crippen molar-refractivity contribution in [1.82, 2.24) is 4.90 Å². The highest BCUT2D eigenvalue weighted by Crippen LogP contribution is 2.40. The summed E-state index contributed by atoms with van der Waals surface area (Å²) in [5, 5.41) is 34.0. The van der Waals surface area contributed by atoms with E-state index >= 15 is 0 Å². The summed E-state index contributed by atoms with van der Waals surface area (Å²) >= 11 is 0. The van der Waals surface area contributed by atoms with E-state index in [2.05, 4.69) is 58.9 Å². The zero-order valence-electron chi connectivity index (χ0n) is 34.2. The van der Waals surface area contributed by atoms with Gasteiger partial charge in [0, 0.05) is 31.5 Å². The molecule has 3 rings (SSSR count). The second-order valence-electron chi connectivity index (χ2n) is 16.6. The molecule has 0 unspecified atom stereocenters. The molecule has 3 N–H and O–H groups in total. The summed E-state index contributed by atoms with van der Waals surface area (Å²) in [5.74, 6) is -4.63. The molecule has 0 aromatic rings. The SMILES string of the molecule is CC(=O)O[C@@H]1[C@H](/C(C)=C/C=C/[C@H](C)/C=C/CC(C)C)[C@@H](O)C(=O)[C@H]2CS(=O)(=O)CCN(CC3=C[C@H](O)[C@H](/C(C)=C/C=C/[C@@H](C)/C=C/CC(C)C)[C@@H](O)C3=O)[C@H]12. The second kappa shape index (κ2) is 20.8. The lowest BCUT2D eigenvalue weighted by molar-refractivity contribution is -0.170. The van der Waals surface area contributed by atoms with E-state index in [4.69, 9.17) is 4.74 Å². The van der Waals surface area contributed by atoms with Crippen LogP contribution >= 0.6 is 0 Å². The molecule has 0 radical (unpaired) electrons. The molecule has 1 saturated carbocycles. The van der Waals surface area contributed by atoms with E-state index in [1.165, 1.54) is 13.0 Å². The zero-order chi connectivity index (χ0) is 41.2. The third-order valence-corrected chi connectivity index (χ3v) is 12.4. The quantitative estimate of drug-likeness (QED) is 0.110. The summed E-state index contributed by atoms with van der Waals surface area (Å²) in [6.07, 6.45) is 17.4. The average molecular weight is 784 g/mol. The van der Waals surface area contributed by atoms with Crippen molar-refractivity contribution >= 4 is 27.4 Å². The first-order chi connectivity index (χ1) is 25.7. The van der Waals surface area contributed by atoms with Gasteiger partial charge < -0.3 is 20.1 Å². The number of ketones is 2. The maximum atomic E-state index is 13.9. The van der Waals surface area contributed by atoms with Crippen molar-refractivity contribution in [2.45, 2.75) is 106 Å². The Morgan fingerprint density at radius 1 is 0.836 bits per heavy atom. The van der Waals surface area contributed by atoms with Gasteiger partial charge in [0.1, 0.15) is 18.3 Å². The number of hydrogen-bond donors (Lipinski definition) is 3. The van der Waals surface area contributed by atoms with E-state index in [1.807, 2.05) is 31.2 Å². The number of nitrogens with zero attached hydrogens (tertiary/aromatic N) is 1. The molecule has 0 amide bonds. The number of rotatable bonds is 15. The molecular weight excluding hydrogens is 719 g/mol. The Hall–Kier alpha value is -3.22. The first-order valence-electron chi connectivity index (χ1n) is 19.7. The molecule has 2 fully saturated rings. The van der Waals surface area contributed by atoms with Crippen molar-refractivity contribution in [3.05, 3.63) is 83.6 Å². The van der Waals surface area contributed by atoms with Crippen molar-refractivity contribution in [1.29, 1.82) is 0 Å². The van der Waals surface area contributed by atoms with Gasteiger partial charge in [0.25, 0.3) is 0 Å². The highest BCUT2D eigenvalue weighted by Gasteiger charge is 2.56. The number of Topliss-reactive ketones (excluding diaryl/α,β-unsaturated/α-hetero) is 2. The Balaban J connectivity index is 1.96. The molecule has 306 valence electrons. The first kappa shape index (κ1) is 46.2. The van der Waals surface area contributed by atoms with Crippen LogP contribution in [0.5, 0.6) is 0 Å². The third-order valence-electron chi connectivity index (χ3n) is 10.7. The van der Waals surface area contributed by atoms with Crippen molar-refractivity contribution in [2.75, 3.05) is 24.6 Å². The molecule has 1 heterocycles. The smallest absolute Gasteiger partial charge is 0.302 e. The van der Waals surface area contributed by atoms with Gasteiger partial charge in [0.2, 0.25) is 0 Å². The molecule has 0 spiro atoms. The number of carbonyl (C=O) groups is 3. The van der Waals surface area contributed by atoms with Crippen molar-refractivity contribution < 1.29 is 42.9 Å². The first-order valence-corrected chi connectivity index (χ1v) is 21.5. The Labute approximate surface area is 329 Å². The van der Waals surface area contributed by atoms with Crippen LogP contribution in [0, 0.1) is 41.4 Å². The molecule has 2 aliphatic carbocycles. The number of ether oxygens (including phenoxy) is 1. The van der Waals surface area contributed by atoms with Gasteiger partial charge in [-0.3, -0.25) is 19.3 Å². The molecular formula is C44H65NO9S. The lowest BCUT2D eigenvalue weighted by Gasteiger charge is -2.47. The second-order valence-corrected chi connectivity index (χ2v) is 18.8. The van der Waals surface area contributed by atoms with E-state index in [1.54, 1.807) is 30.9 Å². The third kappa shape index (κ3) is 13.2. The molecule has 0 bridgehead atoms. The molecule has 1 saturated heterocycles. The predicted octanol–water partition coefficient (Wildman–Crippen LogP) is 5.52. The Kier molecular flexibility index (Phi) is 17.5. The van der Waals surface area contributed by atoms with Crippen LogP contribution < -0.4 is 0 Å². The standard InChI is InChI=1S/C44H65NO9S/c1-27(2)14-10-16-29(5)18-12-20-31(7)37-36(47)24-34(40(48)42(37)50)25-45-22-23-55(52,53)26-35-39(45)44(54-33(9)46)38(43(51)41(35)49)32(8)21-13-19-30(6)17-11-15-28(3)4/h10-13,16-21,24,27-30,35-39,42-44,47,50-51H,14-15,22-23,25-26H2,1-9H3/b16-10+,17-11+,18-12+,19-13+,31-20+,32-21+/t29-,30+,35-,36-,37-,38+,39-,42+,43+,44+/m0/s1. The molecule has 0 aromatic carbocycles. The van der Waals surface area contributed by atoms with E-state index in [9.17, 15) is 38.1 Å². The number of esters is 1. The highest BCUT2D eigenvalue weighted by atomic mass is 32.2. The molecule has 0 aromatic heterocycles. The van der Waals surface area contributed by atoms with Crippen LogP contribution in [0.4, 0.5) is 0 Å². The largest absolute Gasteiger partial charge is 0.460 e. The van der Waals surface area contributed by atoms with Gasteiger partial charge in [-0.1, -0.05) is 113 Å². The number of allylic oxidation sites excluding steroid dienone is 10. The van der Waals surface area contributed by atoms with E-state index in [-0.39, 0.29) is 36.3 Å². The highest BCUT2D eigenvalue weighted by molar-refractivity contribution is 7.91. The number of aliphatic hydroxyl groups is 3. The van der Waals surface area contributed by atoms with Gasteiger partial charge in [-0.25, -0.2) is 8.42 Å². The van der Waals surface area contributed by atoms with Gasteiger partial charge in [-0.05, 0) is 56.4 Å². The van der Waals surface area contributed by atoms with Gasteiger partial charge in [-0.15, -0.1) is 0 Å². The van der Waals surface area contributed by atoms with Crippen LogP contribution in [0.25, 0.3) is 0 Å². The molecule has 3 aliphatic rings. The maximum Gasteiger partial charge on any atom is 0.302 e. The zero-order valence-corrected chi connectivity index (χ0v) is 35.0. The number of fused-ring (bicyclic) bond motifs is 1. The topological polar surface area (TPSA) is 159 Å². The van der Waals surface area contributed by atoms with Gasteiger partial charge >= 0.3 is 5.97 Å². The Morgan fingerprint density at radius 3 is 1.87 bits per heavy atom. The molecule has 10 nitrogen and oxygen atoms in total. The summed E-state index contributed by atoms with van der Waals surface area (Å²) in [6.45, 7) is 17.1. The number of sulfone groups is 1.